The highest BCUT2D eigenvalue weighted by Gasteiger charge is 2.31. The molecule has 0 aromatic heterocycles. The Bertz CT molecular complexity index is 1120. The molecule has 1 amide bonds. The van der Waals surface area contributed by atoms with Gasteiger partial charge in [0.2, 0.25) is 5.91 Å². The van der Waals surface area contributed by atoms with Crippen LogP contribution in [-0.2, 0) is 14.8 Å². The molecule has 3 N–H and O–H groups in total. The number of aliphatic hydroxyl groups is 1. The molecule has 1 aliphatic carbocycles. The monoisotopic (exact) mass is 502 g/mol. The SMILES string of the molecule is CCOc1cc(NC(=O)C2CCCC(O)C2)ccc1S(=O)(=O)Nc1cccc(OC(F)(F)F)c1. The molecule has 186 valence electrons. The van der Waals surface area contributed by atoms with Gasteiger partial charge in [-0.2, -0.15) is 0 Å². The lowest BCUT2D eigenvalue weighted by atomic mass is 9.86. The molecule has 2 unspecified atom stereocenters. The third-order valence-corrected chi connectivity index (χ3v) is 6.56. The number of hydrogen-bond donors (Lipinski definition) is 3. The maximum absolute atomic E-state index is 12.9. The lowest BCUT2D eigenvalue weighted by Crippen LogP contribution is -2.30. The number of hydrogen-bond acceptors (Lipinski definition) is 6. The second-order valence-electron chi connectivity index (χ2n) is 7.78. The van der Waals surface area contributed by atoms with Gasteiger partial charge in [0.05, 0.1) is 18.4 Å². The van der Waals surface area contributed by atoms with Crippen molar-refractivity contribution in [2.24, 2.45) is 5.92 Å². The fraction of sp³-hybridized carbons (Fsp3) is 0.409. The molecule has 1 fully saturated rings. The summed E-state index contributed by atoms with van der Waals surface area (Å²) in [6, 6.07) is 8.40. The van der Waals surface area contributed by atoms with E-state index in [4.69, 9.17) is 4.74 Å². The number of rotatable bonds is 8. The third kappa shape index (κ3) is 7.00. The van der Waals surface area contributed by atoms with Crippen LogP contribution >= 0.6 is 0 Å². The molecule has 3 rings (SSSR count). The van der Waals surface area contributed by atoms with E-state index in [2.05, 4.69) is 14.8 Å². The number of anilines is 2. The van der Waals surface area contributed by atoms with Crippen molar-refractivity contribution in [3.8, 4) is 11.5 Å². The first-order valence-electron chi connectivity index (χ1n) is 10.6. The maximum Gasteiger partial charge on any atom is 0.573 e. The molecule has 0 saturated heterocycles. The zero-order valence-corrected chi connectivity index (χ0v) is 19.1. The van der Waals surface area contributed by atoms with Crippen molar-refractivity contribution < 1.29 is 41.0 Å². The quantitative estimate of drug-likeness (QED) is 0.497. The Morgan fingerprint density at radius 3 is 2.59 bits per heavy atom. The highest BCUT2D eigenvalue weighted by Crippen LogP contribution is 2.32. The van der Waals surface area contributed by atoms with E-state index in [-0.39, 0.29) is 34.8 Å². The van der Waals surface area contributed by atoms with Crippen LogP contribution in [0.1, 0.15) is 32.6 Å². The van der Waals surface area contributed by atoms with E-state index < -0.39 is 28.2 Å². The maximum atomic E-state index is 12.9. The average Bonchev–Trinajstić information content (AvgIpc) is 2.72. The van der Waals surface area contributed by atoms with Gasteiger partial charge in [-0.3, -0.25) is 9.52 Å². The highest BCUT2D eigenvalue weighted by molar-refractivity contribution is 7.92. The van der Waals surface area contributed by atoms with Crippen molar-refractivity contribution in [1.29, 1.82) is 0 Å². The minimum atomic E-state index is -4.92. The molecular formula is C22H25F3N2O6S. The first-order valence-corrected chi connectivity index (χ1v) is 12.1. The van der Waals surface area contributed by atoms with Gasteiger partial charge in [0.15, 0.2) is 0 Å². The molecular weight excluding hydrogens is 477 g/mol. The molecule has 34 heavy (non-hydrogen) atoms. The largest absolute Gasteiger partial charge is 0.573 e. The zero-order chi connectivity index (χ0) is 24.9. The van der Waals surface area contributed by atoms with Crippen LogP contribution in [0.25, 0.3) is 0 Å². The predicted octanol–water partition coefficient (Wildman–Crippen LogP) is 4.27. The van der Waals surface area contributed by atoms with Gasteiger partial charge < -0.3 is 19.9 Å². The summed E-state index contributed by atoms with van der Waals surface area (Å²) in [4.78, 5) is 12.3. The van der Waals surface area contributed by atoms with Crippen molar-refractivity contribution >= 4 is 27.3 Å². The second kappa shape index (κ2) is 10.5. The van der Waals surface area contributed by atoms with Crippen LogP contribution in [0.4, 0.5) is 24.5 Å². The van der Waals surface area contributed by atoms with Crippen LogP contribution in [-0.4, -0.2) is 38.5 Å². The van der Waals surface area contributed by atoms with Crippen molar-refractivity contribution in [3.63, 3.8) is 0 Å². The Morgan fingerprint density at radius 2 is 1.91 bits per heavy atom. The number of nitrogens with one attached hydrogen (secondary N) is 2. The molecule has 0 heterocycles. The summed E-state index contributed by atoms with van der Waals surface area (Å²) in [7, 11) is -4.26. The number of ether oxygens (including phenoxy) is 2. The van der Waals surface area contributed by atoms with Crippen molar-refractivity contribution in [2.45, 2.75) is 50.0 Å². The van der Waals surface area contributed by atoms with Crippen LogP contribution in [0, 0.1) is 5.92 Å². The Kier molecular flexibility index (Phi) is 7.93. The van der Waals surface area contributed by atoms with E-state index >= 15 is 0 Å². The summed E-state index contributed by atoms with van der Waals surface area (Å²) in [5.74, 6) is -1.25. The van der Waals surface area contributed by atoms with Crippen LogP contribution in [0.2, 0.25) is 0 Å². The standard InChI is InChI=1S/C22H25F3N2O6S/c1-2-32-19-13-15(26-21(29)14-5-3-7-17(28)11-14)9-10-20(19)34(30,31)27-16-6-4-8-18(12-16)33-22(23,24)25/h4,6,8-10,12-14,17,27-28H,2-3,5,7,11H2,1H3,(H,26,29). The van der Waals surface area contributed by atoms with Gasteiger partial charge in [0.25, 0.3) is 10.0 Å². The third-order valence-electron chi connectivity index (χ3n) is 5.14. The van der Waals surface area contributed by atoms with Gasteiger partial charge in [0, 0.05) is 23.7 Å². The predicted molar refractivity (Wildman–Crippen MR) is 118 cm³/mol. The van der Waals surface area contributed by atoms with E-state index in [1.165, 1.54) is 30.3 Å². The first kappa shape index (κ1) is 25.6. The number of amides is 1. The number of carbonyl (C=O) groups excluding carboxylic acids is 1. The normalized spacial score (nSPS) is 18.7. The smallest absolute Gasteiger partial charge is 0.492 e. The van der Waals surface area contributed by atoms with Gasteiger partial charge in [-0.1, -0.05) is 12.5 Å². The number of benzene rings is 2. The minimum absolute atomic E-state index is 0.0424. The molecule has 0 spiro atoms. The summed E-state index contributed by atoms with van der Waals surface area (Å²) in [5.41, 5.74) is 0.172. The van der Waals surface area contributed by atoms with Gasteiger partial charge in [0.1, 0.15) is 16.4 Å². The molecule has 2 atom stereocenters. The van der Waals surface area contributed by atoms with Crippen molar-refractivity contribution in [3.05, 3.63) is 42.5 Å². The fourth-order valence-electron chi connectivity index (χ4n) is 3.69. The Hall–Kier alpha value is -2.99. The van der Waals surface area contributed by atoms with Crippen LogP contribution < -0.4 is 19.5 Å². The molecule has 2 aromatic rings. The van der Waals surface area contributed by atoms with E-state index in [1.807, 2.05) is 0 Å². The second-order valence-corrected chi connectivity index (χ2v) is 9.43. The van der Waals surface area contributed by atoms with E-state index in [0.717, 1.165) is 18.6 Å². The number of carbonyl (C=O) groups is 1. The molecule has 12 heteroatoms. The molecule has 0 aliphatic heterocycles. The Labute approximate surface area is 195 Å². The first-order chi connectivity index (χ1) is 16.0. The number of halogens is 3. The summed E-state index contributed by atoms with van der Waals surface area (Å²) < 4.78 is 74.7. The number of sulfonamides is 1. The van der Waals surface area contributed by atoms with Gasteiger partial charge >= 0.3 is 6.36 Å². The summed E-state index contributed by atoms with van der Waals surface area (Å²) in [5, 5.41) is 12.5. The topological polar surface area (TPSA) is 114 Å². The summed E-state index contributed by atoms with van der Waals surface area (Å²) >= 11 is 0. The zero-order valence-electron chi connectivity index (χ0n) is 18.3. The van der Waals surface area contributed by atoms with Crippen molar-refractivity contribution in [2.75, 3.05) is 16.6 Å². The molecule has 8 nitrogen and oxygen atoms in total. The highest BCUT2D eigenvalue weighted by atomic mass is 32.2. The molecule has 0 bridgehead atoms. The van der Waals surface area contributed by atoms with E-state index in [1.54, 1.807) is 6.92 Å². The minimum Gasteiger partial charge on any atom is -0.492 e. The van der Waals surface area contributed by atoms with Crippen molar-refractivity contribution in [1.82, 2.24) is 0 Å². The summed E-state index contributed by atoms with van der Waals surface area (Å²) in [6.07, 6.45) is -3.05. The molecule has 2 aromatic carbocycles. The van der Waals surface area contributed by atoms with Crippen LogP contribution in [0.15, 0.2) is 47.4 Å². The van der Waals surface area contributed by atoms with Gasteiger partial charge in [-0.05, 0) is 50.5 Å². The lowest BCUT2D eigenvalue weighted by Gasteiger charge is -2.25. The summed E-state index contributed by atoms with van der Waals surface area (Å²) in [6.45, 7) is 1.78. The van der Waals surface area contributed by atoms with Gasteiger partial charge in [-0.25, -0.2) is 8.42 Å². The Morgan fingerprint density at radius 1 is 1.15 bits per heavy atom. The lowest BCUT2D eigenvalue weighted by molar-refractivity contribution is -0.274. The average molecular weight is 503 g/mol. The van der Waals surface area contributed by atoms with Crippen LogP contribution in [0.5, 0.6) is 11.5 Å². The van der Waals surface area contributed by atoms with Gasteiger partial charge in [-0.15, -0.1) is 13.2 Å². The van der Waals surface area contributed by atoms with Crippen LogP contribution in [0.3, 0.4) is 0 Å². The number of alkyl halides is 3. The molecule has 0 radical (unpaired) electrons. The van der Waals surface area contributed by atoms with E-state index in [0.29, 0.717) is 24.9 Å². The Balaban J connectivity index is 1.80. The fourth-order valence-corrected chi connectivity index (χ4v) is 4.87. The molecule has 1 aliphatic rings. The molecule has 1 saturated carbocycles. The van der Waals surface area contributed by atoms with E-state index in [9.17, 15) is 31.5 Å². The number of aliphatic hydroxyl groups excluding tert-OH is 1.